The summed E-state index contributed by atoms with van der Waals surface area (Å²) in [5, 5.41) is 11.6. The zero-order valence-corrected chi connectivity index (χ0v) is 8.44. The first kappa shape index (κ1) is 9.59. The molecule has 2 nitrogen and oxygen atoms in total. The van der Waals surface area contributed by atoms with E-state index in [1.165, 1.54) is 6.08 Å². The summed E-state index contributed by atoms with van der Waals surface area (Å²) in [6, 6.07) is 3.71. The van der Waals surface area contributed by atoms with Crippen molar-refractivity contribution in [2.45, 2.75) is 6.92 Å². The lowest BCUT2D eigenvalue weighted by molar-refractivity contribution is -0.295. The number of aryl methyl sites for hydroxylation is 1. The van der Waals surface area contributed by atoms with E-state index in [0.29, 0.717) is 11.3 Å². The van der Waals surface area contributed by atoms with Gasteiger partial charge in [0.05, 0.1) is 0 Å². The molecule has 1 heterocycles. The molecule has 1 aliphatic carbocycles. The summed E-state index contributed by atoms with van der Waals surface area (Å²) in [7, 11) is 0. The van der Waals surface area contributed by atoms with Crippen molar-refractivity contribution in [1.82, 2.24) is 0 Å². The number of hydrogen-bond acceptors (Lipinski definition) is 2. The molecule has 0 amide bonds. The molecule has 2 heteroatoms. The first-order chi connectivity index (χ1) is 7.25. The first-order valence-corrected chi connectivity index (χ1v) is 4.76. The first-order valence-electron chi connectivity index (χ1n) is 4.76. The Labute approximate surface area is 88.5 Å². The van der Waals surface area contributed by atoms with E-state index < -0.39 is 0 Å². The van der Waals surface area contributed by atoms with E-state index in [0.717, 1.165) is 5.76 Å². The van der Waals surface area contributed by atoms with Crippen LogP contribution in [0.1, 0.15) is 11.5 Å². The van der Waals surface area contributed by atoms with Crippen LogP contribution in [0.15, 0.2) is 58.3 Å². The van der Waals surface area contributed by atoms with Gasteiger partial charge >= 0.3 is 0 Å². The van der Waals surface area contributed by atoms with E-state index in [2.05, 4.69) is 0 Å². The third-order valence-corrected chi connectivity index (χ3v) is 2.11. The second-order valence-corrected chi connectivity index (χ2v) is 3.32. The van der Waals surface area contributed by atoms with Gasteiger partial charge in [-0.25, -0.2) is 0 Å². The Morgan fingerprint density at radius 3 is 2.60 bits per heavy atom. The van der Waals surface area contributed by atoms with Crippen molar-refractivity contribution >= 4 is 6.08 Å². The fourth-order valence-electron chi connectivity index (χ4n) is 1.34. The molecule has 1 aromatic rings. The van der Waals surface area contributed by atoms with Gasteiger partial charge in [-0.15, -0.1) is 5.76 Å². The predicted molar refractivity (Wildman–Crippen MR) is 57.8 cm³/mol. The molecule has 0 bridgehead atoms. The van der Waals surface area contributed by atoms with Gasteiger partial charge in [-0.1, -0.05) is 30.4 Å². The van der Waals surface area contributed by atoms with Crippen molar-refractivity contribution in [1.29, 1.82) is 0 Å². The van der Waals surface area contributed by atoms with Gasteiger partial charge in [0.2, 0.25) is 0 Å². The minimum Gasteiger partial charge on any atom is -0.872 e. The fourth-order valence-corrected chi connectivity index (χ4v) is 1.34. The van der Waals surface area contributed by atoms with Gasteiger partial charge in [-0.05, 0) is 30.7 Å². The van der Waals surface area contributed by atoms with Crippen LogP contribution in [-0.4, -0.2) is 0 Å². The quantitative estimate of drug-likeness (QED) is 0.685. The highest BCUT2D eigenvalue weighted by atomic mass is 16.3. The molecular weight excluding hydrogens is 188 g/mol. The SMILES string of the molecule is Cc1ccc(/C=C/C([O-])=C2C=CC=C2)o1. The Kier molecular flexibility index (Phi) is 2.59. The van der Waals surface area contributed by atoms with Crippen LogP contribution in [0.25, 0.3) is 6.08 Å². The molecule has 0 saturated heterocycles. The molecule has 0 unspecified atom stereocenters. The van der Waals surface area contributed by atoms with E-state index in [9.17, 15) is 5.11 Å². The molecule has 0 atom stereocenters. The third kappa shape index (κ3) is 2.29. The van der Waals surface area contributed by atoms with Gasteiger partial charge in [0.1, 0.15) is 11.5 Å². The summed E-state index contributed by atoms with van der Waals surface area (Å²) in [4.78, 5) is 0. The average molecular weight is 199 g/mol. The van der Waals surface area contributed by atoms with E-state index in [1.54, 1.807) is 18.2 Å². The van der Waals surface area contributed by atoms with E-state index in [-0.39, 0.29) is 5.76 Å². The summed E-state index contributed by atoms with van der Waals surface area (Å²) >= 11 is 0. The van der Waals surface area contributed by atoms with Gasteiger partial charge < -0.3 is 9.52 Å². The molecule has 15 heavy (non-hydrogen) atoms. The molecule has 0 radical (unpaired) electrons. The average Bonchev–Trinajstić information content (AvgIpc) is 2.84. The second-order valence-electron chi connectivity index (χ2n) is 3.32. The molecule has 0 aromatic carbocycles. The molecule has 76 valence electrons. The highest BCUT2D eigenvalue weighted by Gasteiger charge is 1.93. The van der Waals surface area contributed by atoms with Crippen LogP contribution in [0.5, 0.6) is 0 Å². The molecule has 1 aromatic heterocycles. The van der Waals surface area contributed by atoms with Crippen LogP contribution >= 0.6 is 0 Å². The maximum Gasteiger partial charge on any atom is 0.127 e. The van der Waals surface area contributed by atoms with Crippen LogP contribution in [0.4, 0.5) is 0 Å². The number of hydrogen-bond donors (Lipinski definition) is 0. The summed E-state index contributed by atoms with van der Waals surface area (Å²) in [5.74, 6) is 1.54. The largest absolute Gasteiger partial charge is 0.872 e. The van der Waals surface area contributed by atoms with Gasteiger partial charge in [0, 0.05) is 0 Å². The van der Waals surface area contributed by atoms with Crippen molar-refractivity contribution in [3.05, 3.63) is 65.4 Å². The van der Waals surface area contributed by atoms with Crippen molar-refractivity contribution in [2.24, 2.45) is 0 Å². The molecule has 0 saturated carbocycles. The molecular formula is C13H11O2-. The van der Waals surface area contributed by atoms with Crippen LogP contribution in [0.3, 0.4) is 0 Å². The molecule has 0 fully saturated rings. The zero-order valence-electron chi connectivity index (χ0n) is 8.44. The maximum atomic E-state index is 11.6. The predicted octanol–water partition coefficient (Wildman–Crippen LogP) is 2.34. The molecule has 0 spiro atoms. The number of allylic oxidation sites excluding steroid dienone is 6. The van der Waals surface area contributed by atoms with Crippen molar-refractivity contribution < 1.29 is 9.52 Å². The van der Waals surface area contributed by atoms with E-state index in [1.807, 2.05) is 31.2 Å². The lowest BCUT2D eigenvalue weighted by atomic mass is 10.2. The third-order valence-electron chi connectivity index (χ3n) is 2.11. The maximum absolute atomic E-state index is 11.6. The normalized spacial score (nSPS) is 14.3. The standard InChI is InChI=1S/C13H12O2/c1-10-6-7-12(15-10)8-9-13(14)11-4-2-3-5-11/h2-9,14H,1H3/p-1/b9-8+. The Morgan fingerprint density at radius 1 is 1.27 bits per heavy atom. The van der Waals surface area contributed by atoms with Crippen LogP contribution in [-0.2, 0) is 0 Å². The summed E-state index contributed by atoms with van der Waals surface area (Å²) in [6.07, 6.45) is 10.5. The second kappa shape index (κ2) is 4.05. The Hall–Kier alpha value is -1.96. The zero-order chi connectivity index (χ0) is 10.7. The van der Waals surface area contributed by atoms with Crippen molar-refractivity contribution in [2.75, 3.05) is 0 Å². The molecule has 2 rings (SSSR count). The van der Waals surface area contributed by atoms with Crippen molar-refractivity contribution in [3.8, 4) is 0 Å². The lowest BCUT2D eigenvalue weighted by Crippen LogP contribution is -2.02. The van der Waals surface area contributed by atoms with Gasteiger partial charge in [-0.3, -0.25) is 0 Å². The minimum atomic E-state index is -0.00551. The van der Waals surface area contributed by atoms with E-state index in [4.69, 9.17) is 4.42 Å². The summed E-state index contributed by atoms with van der Waals surface area (Å²) < 4.78 is 5.31. The van der Waals surface area contributed by atoms with Crippen LogP contribution in [0.2, 0.25) is 0 Å². The Bertz CT molecular complexity index is 456. The van der Waals surface area contributed by atoms with Gasteiger partial charge in [0.15, 0.2) is 0 Å². The van der Waals surface area contributed by atoms with Crippen molar-refractivity contribution in [3.63, 3.8) is 0 Å². The lowest BCUT2D eigenvalue weighted by Gasteiger charge is -2.07. The number of furan rings is 1. The monoisotopic (exact) mass is 199 g/mol. The minimum absolute atomic E-state index is 0.00551. The Balaban J connectivity index is 2.15. The molecule has 1 aliphatic rings. The van der Waals surface area contributed by atoms with E-state index >= 15 is 0 Å². The van der Waals surface area contributed by atoms with Crippen LogP contribution in [0, 0.1) is 6.92 Å². The highest BCUT2D eigenvalue weighted by Crippen LogP contribution is 2.13. The highest BCUT2D eigenvalue weighted by molar-refractivity contribution is 5.51. The van der Waals surface area contributed by atoms with Crippen LogP contribution < -0.4 is 5.11 Å². The van der Waals surface area contributed by atoms with Gasteiger partial charge in [0.25, 0.3) is 0 Å². The topological polar surface area (TPSA) is 36.2 Å². The smallest absolute Gasteiger partial charge is 0.127 e. The Morgan fingerprint density at radius 2 is 2.00 bits per heavy atom. The number of rotatable bonds is 2. The summed E-state index contributed by atoms with van der Waals surface area (Å²) in [6.45, 7) is 1.87. The molecule has 0 N–H and O–H groups in total. The fraction of sp³-hybridized carbons (Fsp3) is 0.0769. The van der Waals surface area contributed by atoms with Gasteiger partial charge in [-0.2, -0.15) is 0 Å². The molecule has 0 aliphatic heterocycles. The summed E-state index contributed by atoms with van der Waals surface area (Å²) in [5.41, 5.74) is 0.703.